The number of hydrogen-bond donors (Lipinski definition) is 2. The van der Waals surface area contributed by atoms with Gasteiger partial charge in [-0.25, -0.2) is 0 Å². The minimum Gasteiger partial charge on any atom is -0.179 e. The molecule has 0 aromatic carbocycles. The van der Waals surface area contributed by atoms with E-state index in [0.717, 1.165) is 23.5 Å². The molecular weight excluding hydrogens is 184 g/mol. The highest BCUT2D eigenvalue weighted by molar-refractivity contribution is 7.81. The van der Waals surface area contributed by atoms with Gasteiger partial charge in [-0.3, -0.25) is 0 Å². The van der Waals surface area contributed by atoms with Crippen molar-refractivity contribution < 1.29 is 0 Å². The number of hydrogen-bond acceptors (Lipinski definition) is 2. The van der Waals surface area contributed by atoms with Crippen LogP contribution in [0, 0.1) is 17.8 Å². The van der Waals surface area contributed by atoms with E-state index in [1.807, 2.05) is 0 Å². The average molecular weight is 204 g/mol. The Balaban J connectivity index is 2.39. The lowest BCUT2D eigenvalue weighted by molar-refractivity contribution is 0.246. The third-order valence-corrected chi connectivity index (χ3v) is 4.58. The SMILES string of the molecule is C[C@H](CS)[C@H]1CC[C@@H](C)[C@H](S)C1. The molecule has 0 N–H and O–H groups in total. The maximum Gasteiger partial charge on any atom is 0.00451 e. The lowest BCUT2D eigenvalue weighted by atomic mass is 9.77. The molecular formula is C10H20S2. The first kappa shape index (κ1) is 10.8. The minimum absolute atomic E-state index is 0.631. The summed E-state index contributed by atoms with van der Waals surface area (Å²) in [4.78, 5) is 0. The Morgan fingerprint density at radius 2 is 2.08 bits per heavy atom. The molecule has 0 nitrogen and oxygen atoms in total. The summed E-state index contributed by atoms with van der Waals surface area (Å²) in [7, 11) is 0. The van der Waals surface area contributed by atoms with Gasteiger partial charge < -0.3 is 0 Å². The molecule has 0 aromatic heterocycles. The lowest BCUT2D eigenvalue weighted by Crippen LogP contribution is -2.27. The van der Waals surface area contributed by atoms with Gasteiger partial charge in [-0.15, -0.1) is 0 Å². The predicted octanol–water partition coefficient (Wildman–Crippen LogP) is 3.29. The fraction of sp³-hybridized carbons (Fsp3) is 1.00. The van der Waals surface area contributed by atoms with Gasteiger partial charge in [0.1, 0.15) is 0 Å². The largest absolute Gasteiger partial charge is 0.179 e. The molecule has 1 fully saturated rings. The molecule has 12 heavy (non-hydrogen) atoms. The third kappa shape index (κ3) is 2.59. The maximum absolute atomic E-state index is 4.62. The van der Waals surface area contributed by atoms with Crippen LogP contribution in [0.25, 0.3) is 0 Å². The van der Waals surface area contributed by atoms with Crippen molar-refractivity contribution in [2.75, 3.05) is 5.75 Å². The van der Waals surface area contributed by atoms with E-state index >= 15 is 0 Å². The molecule has 1 rings (SSSR count). The highest BCUT2D eigenvalue weighted by atomic mass is 32.1. The molecule has 0 amide bonds. The van der Waals surface area contributed by atoms with Crippen LogP contribution in [0.5, 0.6) is 0 Å². The van der Waals surface area contributed by atoms with Crippen molar-refractivity contribution in [3.8, 4) is 0 Å². The van der Waals surface area contributed by atoms with E-state index in [4.69, 9.17) is 0 Å². The summed E-state index contributed by atoms with van der Waals surface area (Å²) in [5.41, 5.74) is 0. The van der Waals surface area contributed by atoms with E-state index in [2.05, 4.69) is 39.1 Å². The molecule has 2 heteroatoms. The Morgan fingerprint density at radius 3 is 2.58 bits per heavy atom. The fourth-order valence-corrected chi connectivity index (χ4v) is 2.71. The molecule has 0 aliphatic heterocycles. The van der Waals surface area contributed by atoms with Crippen LogP contribution < -0.4 is 0 Å². The van der Waals surface area contributed by atoms with E-state index in [1.165, 1.54) is 19.3 Å². The smallest absolute Gasteiger partial charge is 0.00451 e. The maximum atomic E-state index is 4.62. The minimum atomic E-state index is 0.631. The number of rotatable bonds is 2. The monoisotopic (exact) mass is 204 g/mol. The first-order valence-corrected chi connectivity index (χ1v) is 6.09. The number of thiol groups is 2. The molecule has 0 saturated heterocycles. The zero-order chi connectivity index (χ0) is 9.14. The van der Waals surface area contributed by atoms with Crippen molar-refractivity contribution in [2.45, 2.75) is 38.4 Å². The van der Waals surface area contributed by atoms with Gasteiger partial charge in [0, 0.05) is 5.25 Å². The molecule has 0 bridgehead atoms. The summed E-state index contributed by atoms with van der Waals surface area (Å²) >= 11 is 8.98. The van der Waals surface area contributed by atoms with Crippen molar-refractivity contribution in [3.63, 3.8) is 0 Å². The second kappa shape index (κ2) is 4.80. The molecule has 0 unspecified atom stereocenters. The lowest BCUT2D eigenvalue weighted by Gasteiger charge is -2.34. The Morgan fingerprint density at radius 1 is 1.42 bits per heavy atom. The van der Waals surface area contributed by atoms with Crippen LogP contribution in [0.4, 0.5) is 0 Å². The van der Waals surface area contributed by atoms with Gasteiger partial charge in [0.2, 0.25) is 0 Å². The summed E-state index contributed by atoms with van der Waals surface area (Å²) in [6, 6.07) is 0. The Hall–Kier alpha value is 0.700. The zero-order valence-corrected chi connectivity index (χ0v) is 9.82. The van der Waals surface area contributed by atoms with Crippen LogP contribution in [0.2, 0.25) is 0 Å². The highest BCUT2D eigenvalue weighted by Gasteiger charge is 2.27. The first-order chi connectivity index (χ1) is 5.65. The van der Waals surface area contributed by atoms with Crippen molar-refractivity contribution in [3.05, 3.63) is 0 Å². The molecule has 0 aromatic rings. The van der Waals surface area contributed by atoms with Crippen LogP contribution >= 0.6 is 25.3 Å². The molecule has 0 spiro atoms. The van der Waals surface area contributed by atoms with Crippen molar-refractivity contribution in [1.82, 2.24) is 0 Å². The van der Waals surface area contributed by atoms with E-state index in [1.54, 1.807) is 0 Å². The zero-order valence-electron chi connectivity index (χ0n) is 8.03. The first-order valence-electron chi connectivity index (χ1n) is 4.94. The van der Waals surface area contributed by atoms with Crippen LogP contribution in [0.15, 0.2) is 0 Å². The van der Waals surface area contributed by atoms with Crippen molar-refractivity contribution in [2.24, 2.45) is 17.8 Å². The summed E-state index contributed by atoms with van der Waals surface area (Å²) in [5, 5.41) is 0.631. The topological polar surface area (TPSA) is 0 Å². The third-order valence-electron chi connectivity index (χ3n) is 3.29. The molecule has 1 aliphatic carbocycles. The molecule has 0 radical (unpaired) electrons. The summed E-state index contributed by atoms with van der Waals surface area (Å²) < 4.78 is 0. The average Bonchev–Trinajstić information content (AvgIpc) is 2.08. The predicted molar refractivity (Wildman–Crippen MR) is 62.3 cm³/mol. The summed E-state index contributed by atoms with van der Waals surface area (Å²) in [6.45, 7) is 4.63. The van der Waals surface area contributed by atoms with Crippen LogP contribution in [0.1, 0.15) is 33.1 Å². The Bertz CT molecular complexity index is 136. The van der Waals surface area contributed by atoms with Gasteiger partial charge in [0.15, 0.2) is 0 Å². The van der Waals surface area contributed by atoms with Gasteiger partial charge in [0.05, 0.1) is 0 Å². The van der Waals surface area contributed by atoms with Gasteiger partial charge >= 0.3 is 0 Å². The Labute approximate surface area is 87.3 Å². The molecule has 0 heterocycles. The molecule has 1 saturated carbocycles. The quantitative estimate of drug-likeness (QED) is 0.634. The molecule has 72 valence electrons. The summed E-state index contributed by atoms with van der Waals surface area (Å²) in [6.07, 6.45) is 4.04. The van der Waals surface area contributed by atoms with Crippen LogP contribution in [0.3, 0.4) is 0 Å². The normalized spacial score (nSPS) is 39.5. The van der Waals surface area contributed by atoms with Crippen molar-refractivity contribution >= 4 is 25.3 Å². The molecule has 4 atom stereocenters. The van der Waals surface area contributed by atoms with E-state index < -0.39 is 0 Å². The molecule has 1 aliphatic rings. The van der Waals surface area contributed by atoms with Crippen LogP contribution in [-0.4, -0.2) is 11.0 Å². The van der Waals surface area contributed by atoms with E-state index in [9.17, 15) is 0 Å². The second-order valence-electron chi connectivity index (χ2n) is 4.28. The van der Waals surface area contributed by atoms with E-state index in [-0.39, 0.29) is 0 Å². The standard InChI is InChI=1S/C10H20S2/c1-7-3-4-9(5-10(7)12)8(2)6-11/h7-12H,3-6H2,1-2H3/t7-,8-,9+,10-/m1/s1. The van der Waals surface area contributed by atoms with Crippen LogP contribution in [-0.2, 0) is 0 Å². The van der Waals surface area contributed by atoms with Gasteiger partial charge in [0.25, 0.3) is 0 Å². The van der Waals surface area contributed by atoms with Gasteiger partial charge in [-0.2, -0.15) is 25.3 Å². The van der Waals surface area contributed by atoms with Crippen molar-refractivity contribution in [1.29, 1.82) is 0 Å². The van der Waals surface area contributed by atoms with Gasteiger partial charge in [-0.05, 0) is 42.8 Å². The van der Waals surface area contributed by atoms with E-state index in [0.29, 0.717) is 5.25 Å². The highest BCUT2D eigenvalue weighted by Crippen LogP contribution is 2.36. The summed E-state index contributed by atoms with van der Waals surface area (Å²) in [5.74, 6) is 3.49. The second-order valence-corrected chi connectivity index (χ2v) is 5.31. The Kier molecular flexibility index (Phi) is 4.31. The fourth-order valence-electron chi connectivity index (χ4n) is 2.00. The van der Waals surface area contributed by atoms with Gasteiger partial charge in [-0.1, -0.05) is 13.8 Å².